The Morgan fingerprint density at radius 1 is 1.43 bits per heavy atom. The second-order valence-corrected chi connectivity index (χ2v) is 5.71. The Morgan fingerprint density at radius 3 is 2.62 bits per heavy atom. The first-order valence-electron chi connectivity index (χ1n) is 5.98. The molecule has 1 aromatic carbocycles. The standard InChI is InChI=1S/C13H14FN3O3S/c1-7-5-10(14)9(6-8(7)12(18)20-3)11-15-13(21(4)19)16-17(11)2/h5-6H,1-4H3. The summed E-state index contributed by atoms with van der Waals surface area (Å²) in [5, 5.41) is 4.07. The van der Waals surface area contributed by atoms with Crippen molar-refractivity contribution in [1.29, 1.82) is 0 Å². The number of ether oxygens (including phenoxy) is 1. The Morgan fingerprint density at radius 2 is 2.10 bits per heavy atom. The summed E-state index contributed by atoms with van der Waals surface area (Å²) in [6, 6.07) is 2.60. The summed E-state index contributed by atoms with van der Waals surface area (Å²) in [7, 11) is 1.44. The molecule has 21 heavy (non-hydrogen) atoms. The molecule has 1 unspecified atom stereocenters. The largest absolute Gasteiger partial charge is 0.465 e. The molecule has 0 bridgehead atoms. The molecule has 2 rings (SSSR count). The van der Waals surface area contributed by atoms with E-state index in [4.69, 9.17) is 0 Å². The zero-order valence-corrected chi connectivity index (χ0v) is 12.8. The van der Waals surface area contributed by atoms with Crippen LogP contribution in [0.2, 0.25) is 0 Å². The monoisotopic (exact) mass is 311 g/mol. The molecule has 112 valence electrons. The minimum Gasteiger partial charge on any atom is -0.465 e. The number of hydrogen-bond donors (Lipinski definition) is 0. The number of esters is 1. The maximum Gasteiger partial charge on any atom is 0.338 e. The smallest absolute Gasteiger partial charge is 0.338 e. The van der Waals surface area contributed by atoms with Crippen LogP contribution in [0.1, 0.15) is 15.9 Å². The molecule has 0 saturated carbocycles. The van der Waals surface area contributed by atoms with Crippen molar-refractivity contribution < 1.29 is 18.1 Å². The van der Waals surface area contributed by atoms with Crippen LogP contribution >= 0.6 is 0 Å². The summed E-state index contributed by atoms with van der Waals surface area (Å²) in [4.78, 5) is 15.7. The molecule has 0 aliphatic rings. The average Bonchev–Trinajstić information content (AvgIpc) is 2.80. The number of rotatable bonds is 3. The van der Waals surface area contributed by atoms with Crippen LogP contribution in [0.15, 0.2) is 17.3 Å². The number of aryl methyl sites for hydroxylation is 2. The number of carbonyl (C=O) groups is 1. The number of nitrogens with zero attached hydrogens (tertiary/aromatic N) is 3. The number of halogens is 1. The van der Waals surface area contributed by atoms with Gasteiger partial charge in [-0.05, 0) is 24.6 Å². The first-order valence-corrected chi connectivity index (χ1v) is 7.54. The molecule has 1 aromatic heterocycles. The molecule has 6 nitrogen and oxygen atoms in total. The highest BCUT2D eigenvalue weighted by atomic mass is 32.2. The van der Waals surface area contributed by atoms with Gasteiger partial charge in [-0.15, -0.1) is 5.10 Å². The van der Waals surface area contributed by atoms with E-state index < -0.39 is 22.6 Å². The normalized spacial score (nSPS) is 12.2. The minimum atomic E-state index is -1.38. The fourth-order valence-electron chi connectivity index (χ4n) is 1.89. The van der Waals surface area contributed by atoms with Crippen LogP contribution in [-0.4, -0.2) is 38.3 Å². The number of carbonyl (C=O) groups excluding carboxylic acids is 1. The Labute approximate surface area is 123 Å². The van der Waals surface area contributed by atoms with Crippen molar-refractivity contribution in [1.82, 2.24) is 14.8 Å². The van der Waals surface area contributed by atoms with Gasteiger partial charge in [0, 0.05) is 13.3 Å². The molecule has 0 amide bonds. The van der Waals surface area contributed by atoms with Crippen LogP contribution < -0.4 is 0 Å². The Kier molecular flexibility index (Phi) is 4.17. The van der Waals surface area contributed by atoms with Crippen molar-refractivity contribution in [2.24, 2.45) is 7.05 Å². The summed E-state index contributed by atoms with van der Waals surface area (Å²) >= 11 is 0. The molecule has 8 heteroatoms. The lowest BCUT2D eigenvalue weighted by Gasteiger charge is -2.08. The SMILES string of the molecule is COC(=O)c1cc(-c2nc(S(C)=O)nn2C)c(F)cc1C. The zero-order valence-electron chi connectivity index (χ0n) is 12.0. The van der Waals surface area contributed by atoms with Gasteiger partial charge in [0.15, 0.2) is 5.82 Å². The maximum absolute atomic E-state index is 14.2. The van der Waals surface area contributed by atoms with Crippen molar-refractivity contribution in [2.45, 2.75) is 12.1 Å². The van der Waals surface area contributed by atoms with Gasteiger partial charge in [-0.3, -0.25) is 4.21 Å². The zero-order chi connectivity index (χ0) is 15.7. The van der Waals surface area contributed by atoms with Crippen LogP contribution in [0, 0.1) is 12.7 Å². The van der Waals surface area contributed by atoms with Gasteiger partial charge in [-0.25, -0.2) is 13.9 Å². The average molecular weight is 311 g/mol. The number of benzene rings is 1. The number of methoxy groups -OCH3 is 1. The highest BCUT2D eigenvalue weighted by Crippen LogP contribution is 2.25. The predicted molar refractivity (Wildman–Crippen MR) is 74.8 cm³/mol. The fourth-order valence-corrected chi connectivity index (χ4v) is 2.34. The van der Waals surface area contributed by atoms with Gasteiger partial charge in [-0.2, -0.15) is 4.98 Å². The van der Waals surface area contributed by atoms with E-state index in [1.165, 1.54) is 30.2 Å². The first-order chi connectivity index (χ1) is 9.85. The maximum atomic E-state index is 14.2. The first kappa shape index (κ1) is 15.3. The van der Waals surface area contributed by atoms with Crippen LogP contribution in [0.5, 0.6) is 0 Å². The molecule has 0 N–H and O–H groups in total. The third kappa shape index (κ3) is 2.85. The summed E-state index contributed by atoms with van der Waals surface area (Å²) in [5.41, 5.74) is 0.813. The summed E-state index contributed by atoms with van der Waals surface area (Å²) in [6.07, 6.45) is 1.44. The highest BCUT2D eigenvalue weighted by Gasteiger charge is 2.19. The quantitative estimate of drug-likeness (QED) is 0.802. The highest BCUT2D eigenvalue weighted by molar-refractivity contribution is 7.84. The molecule has 0 radical (unpaired) electrons. The molecule has 0 saturated heterocycles. The molecule has 2 aromatic rings. The Hall–Kier alpha value is -2.09. The minimum absolute atomic E-state index is 0.104. The van der Waals surface area contributed by atoms with Gasteiger partial charge in [0.1, 0.15) is 5.82 Å². The molecule has 1 atom stereocenters. The second kappa shape index (κ2) is 5.72. The molecule has 1 heterocycles. The second-order valence-electron chi connectivity index (χ2n) is 4.43. The summed E-state index contributed by atoms with van der Waals surface area (Å²) in [5.74, 6) is -0.901. The van der Waals surface area contributed by atoms with E-state index >= 15 is 0 Å². The van der Waals surface area contributed by atoms with Gasteiger partial charge in [0.2, 0.25) is 5.16 Å². The number of aromatic nitrogens is 3. The number of hydrogen-bond acceptors (Lipinski definition) is 5. The van der Waals surface area contributed by atoms with Crippen LogP contribution in [-0.2, 0) is 22.6 Å². The van der Waals surface area contributed by atoms with E-state index in [2.05, 4.69) is 14.8 Å². The summed E-state index contributed by atoms with van der Waals surface area (Å²) < 4.78 is 31.6. The van der Waals surface area contributed by atoms with E-state index in [0.29, 0.717) is 5.56 Å². The van der Waals surface area contributed by atoms with Crippen LogP contribution in [0.25, 0.3) is 11.4 Å². The van der Waals surface area contributed by atoms with E-state index in [0.717, 1.165) is 0 Å². The lowest BCUT2D eigenvalue weighted by Crippen LogP contribution is -2.06. The van der Waals surface area contributed by atoms with Crippen LogP contribution in [0.3, 0.4) is 0 Å². The van der Waals surface area contributed by atoms with Crippen molar-refractivity contribution in [3.63, 3.8) is 0 Å². The van der Waals surface area contributed by atoms with Gasteiger partial charge in [-0.1, -0.05) is 0 Å². The Bertz CT molecular complexity index is 743. The summed E-state index contributed by atoms with van der Waals surface area (Å²) in [6.45, 7) is 1.61. The van der Waals surface area contributed by atoms with Gasteiger partial charge >= 0.3 is 5.97 Å². The van der Waals surface area contributed by atoms with Crippen LogP contribution in [0.4, 0.5) is 4.39 Å². The van der Waals surface area contributed by atoms with Gasteiger partial charge in [0.25, 0.3) is 0 Å². The molecular weight excluding hydrogens is 297 g/mol. The van der Waals surface area contributed by atoms with E-state index in [1.807, 2.05) is 0 Å². The van der Waals surface area contributed by atoms with Crippen molar-refractivity contribution in [3.8, 4) is 11.4 Å². The Balaban J connectivity index is 2.63. The van der Waals surface area contributed by atoms with Crippen molar-refractivity contribution >= 4 is 16.8 Å². The topological polar surface area (TPSA) is 74.1 Å². The third-order valence-corrected chi connectivity index (χ3v) is 3.65. The van der Waals surface area contributed by atoms with E-state index in [-0.39, 0.29) is 22.1 Å². The third-order valence-electron chi connectivity index (χ3n) is 2.96. The molecule has 0 aliphatic heterocycles. The van der Waals surface area contributed by atoms with Gasteiger partial charge in [0.05, 0.1) is 29.0 Å². The predicted octanol–water partition coefficient (Wildman–Crippen LogP) is 1.45. The van der Waals surface area contributed by atoms with E-state index in [9.17, 15) is 13.4 Å². The molecule has 0 spiro atoms. The molecule has 0 aliphatic carbocycles. The molecule has 0 fully saturated rings. The van der Waals surface area contributed by atoms with Crippen molar-refractivity contribution in [2.75, 3.05) is 13.4 Å². The van der Waals surface area contributed by atoms with Gasteiger partial charge < -0.3 is 4.74 Å². The molecular formula is C13H14FN3O3S. The van der Waals surface area contributed by atoms with Crippen molar-refractivity contribution in [3.05, 3.63) is 29.1 Å². The lowest BCUT2D eigenvalue weighted by atomic mass is 10.0. The fraction of sp³-hybridized carbons (Fsp3) is 0.308. The van der Waals surface area contributed by atoms with E-state index in [1.54, 1.807) is 14.0 Å². The lowest BCUT2D eigenvalue weighted by molar-refractivity contribution is 0.0600.